The molecule has 0 spiro atoms. The third kappa shape index (κ3) is 2.85. The van der Waals surface area contributed by atoms with Crippen molar-refractivity contribution in [2.24, 2.45) is 11.8 Å². The van der Waals surface area contributed by atoms with Gasteiger partial charge in [0.25, 0.3) is 0 Å². The zero-order valence-corrected chi connectivity index (χ0v) is 12.9. The first-order valence-corrected chi connectivity index (χ1v) is 7.39. The molecule has 134 valence electrons. The highest BCUT2D eigenvalue weighted by molar-refractivity contribution is 6.20. The van der Waals surface area contributed by atoms with Gasteiger partial charge in [-0.25, -0.2) is 9.59 Å². The molecule has 26 heavy (non-hydrogen) atoms. The summed E-state index contributed by atoms with van der Waals surface area (Å²) >= 11 is 0. The number of phenols is 1. The molecule has 1 aromatic carbocycles. The van der Waals surface area contributed by atoms with E-state index in [9.17, 15) is 33.9 Å². The largest absolute Gasteiger partial charge is 0.508 e. The summed E-state index contributed by atoms with van der Waals surface area (Å²) in [5.41, 5.74) is -0.0400. The van der Waals surface area contributed by atoms with Crippen molar-refractivity contribution in [1.82, 2.24) is 21.3 Å². The van der Waals surface area contributed by atoms with Crippen molar-refractivity contribution < 1.29 is 33.9 Å². The minimum atomic E-state index is -1.67. The fraction of sp³-hybridized carbons (Fsp3) is 0.200. The van der Waals surface area contributed by atoms with Crippen LogP contribution in [0.3, 0.4) is 0 Å². The molecule has 1 aromatic rings. The van der Waals surface area contributed by atoms with Gasteiger partial charge in [0, 0.05) is 5.92 Å². The number of amides is 8. The van der Waals surface area contributed by atoms with Crippen LogP contribution in [0.1, 0.15) is 11.5 Å². The van der Waals surface area contributed by atoms with Crippen LogP contribution < -0.4 is 21.3 Å². The Bertz CT molecular complexity index is 777. The van der Waals surface area contributed by atoms with Crippen LogP contribution in [0, 0.1) is 11.8 Å². The Kier molecular flexibility index (Phi) is 4.12. The number of hydrogen-bond acceptors (Lipinski definition) is 7. The molecule has 0 bridgehead atoms. The van der Waals surface area contributed by atoms with Gasteiger partial charge in [-0.3, -0.25) is 40.4 Å². The van der Waals surface area contributed by atoms with Gasteiger partial charge in [-0.05, 0) is 11.6 Å². The van der Waals surface area contributed by atoms with Crippen LogP contribution in [0.5, 0.6) is 5.75 Å². The number of rotatable bonds is 3. The normalized spacial score (nSPS) is 19.1. The first-order chi connectivity index (χ1) is 12.3. The summed E-state index contributed by atoms with van der Waals surface area (Å²) in [6, 6.07) is 3.42. The van der Waals surface area contributed by atoms with Crippen LogP contribution >= 0.6 is 0 Å². The summed E-state index contributed by atoms with van der Waals surface area (Å²) in [5.74, 6) is -9.32. The first-order valence-electron chi connectivity index (χ1n) is 7.39. The molecule has 8 amide bonds. The molecule has 5 N–H and O–H groups in total. The summed E-state index contributed by atoms with van der Waals surface area (Å²) in [6.45, 7) is 0. The predicted molar refractivity (Wildman–Crippen MR) is 81.2 cm³/mol. The molecule has 2 aliphatic heterocycles. The molecule has 2 heterocycles. The maximum absolute atomic E-state index is 12.3. The number of nitrogens with one attached hydrogen (secondary N) is 4. The SMILES string of the molecule is O=C1NC(=O)C(C(c2ccccc2O)C2C(=O)NC(=O)NC2=O)C(=O)N1. The van der Waals surface area contributed by atoms with Crippen LogP contribution in [0.2, 0.25) is 0 Å². The summed E-state index contributed by atoms with van der Waals surface area (Å²) in [5, 5.41) is 17.7. The zero-order valence-electron chi connectivity index (χ0n) is 12.9. The maximum atomic E-state index is 12.3. The van der Waals surface area contributed by atoms with E-state index in [0.717, 1.165) is 0 Å². The molecule has 2 aliphatic rings. The number of carbonyl (C=O) groups is 6. The fourth-order valence-corrected chi connectivity index (χ4v) is 3.03. The highest BCUT2D eigenvalue weighted by Gasteiger charge is 2.51. The van der Waals surface area contributed by atoms with E-state index < -0.39 is 53.4 Å². The number of urea groups is 2. The van der Waals surface area contributed by atoms with Crippen molar-refractivity contribution in [3.63, 3.8) is 0 Å². The molecule has 0 unspecified atom stereocenters. The second-order valence-corrected chi connectivity index (χ2v) is 5.66. The first kappa shape index (κ1) is 17.1. The van der Waals surface area contributed by atoms with Gasteiger partial charge in [-0.15, -0.1) is 0 Å². The van der Waals surface area contributed by atoms with Crippen LogP contribution in [-0.2, 0) is 19.2 Å². The van der Waals surface area contributed by atoms with Crippen LogP contribution in [-0.4, -0.2) is 40.8 Å². The number of para-hydroxylation sites is 1. The minimum absolute atomic E-state index is 0.0400. The highest BCUT2D eigenvalue weighted by Crippen LogP contribution is 2.39. The number of imide groups is 4. The van der Waals surface area contributed by atoms with E-state index in [0.29, 0.717) is 0 Å². The van der Waals surface area contributed by atoms with E-state index in [2.05, 4.69) is 0 Å². The van der Waals surface area contributed by atoms with Crippen molar-refractivity contribution in [3.8, 4) is 5.75 Å². The Morgan fingerprint density at radius 2 is 1.08 bits per heavy atom. The molecule has 2 saturated heterocycles. The van der Waals surface area contributed by atoms with Gasteiger partial charge in [0.15, 0.2) is 0 Å². The molecule has 11 nitrogen and oxygen atoms in total. The lowest BCUT2D eigenvalue weighted by molar-refractivity contribution is -0.141. The Hall–Kier alpha value is -3.76. The second kappa shape index (κ2) is 6.27. The summed E-state index contributed by atoms with van der Waals surface area (Å²) in [6.07, 6.45) is 0. The topological polar surface area (TPSA) is 171 Å². The lowest BCUT2D eigenvalue weighted by Gasteiger charge is -2.34. The molecule has 2 fully saturated rings. The average molecular weight is 360 g/mol. The molecule has 0 aromatic heterocycles. The van der Waals surface area contributed by atoms with Crippen molar-refractivity contribution in [3.05, 3.63) is 29.8 Å². The third-order valence-electron chi connectivity index (χ3n) is 4.09. The van der Waals surface area contributed by atoms with Crippen LogP contribution in [0.25, 0.3) is 0 Å². The maximum Gasteiger partial charge on any atom is 0.328 e. The lowest BCUT2D eigenvalue weighted by atomic mass is 9.73. The Balaban J connectivity index is 2.13. The smallest absolute Gasteiger partial charge is 0.328 e. The van der Waals surface area contributed by atoms with Crippen molar-refractivity contribution in [1.29, 1.82) is 0 Å². The monoisotopic (exact) mass is 360 g/mol. The highest BCUT2D eigenvalue weighted by atomic mass is 16.3. The Morgan fingerprint density at radius 1 is 0.692 bits per heavy atom. The molecule has 0 saturated carbocycles. The molecular weight excluding hydrogens is 348 g/mol. The van der Waals surface area contributed by atoms with Gasteiger partial charge in [0.1, 0.15) is 17.6 Å². The number of barbiturate groups is 2. The van der Waals surface area contributed by atoms with Gasteiger partial charge < -0.3 is 5.11 Å². The number of benzene rings is 1. The number of carbonyl (C=O) groups excluding carboxylic acids is 6. The fourth-order valence-electron chi connectivity index (χ4n) is 3.03. The van der Waals surface area contributed by atoms with Gasteiger partial charge in [-0.2, -0.15) is 0 Å². The third-order valence-corrected chi connectivity index (χ3v) is 4.09. The lowest BCUT2D eigenvalue weighted by Crippen LogP contribution is -2.62. The van der Waals surface area contributed by atoms with Crippen molar-refractivity contribution in [2.45, 2.75) is 5.92 Å². The zero-order chi connectivity index (χ0) is 19.0. The van der Waals surface area contributed by atoms with Gasteiger partial charge >= 0.3 is 12.1 Å². The predicted octanol–water partition coefficient (Wildman–Crippen LogP) is -1.56. The van der Waals surface area contributed by atoms with Crippen molar-refractivity contribution >= 4 is 35.7 Å². The van der Waals surface area contributed by atoms with E-state index in [1.807, 2.05) is 21.3 Å². The number of phenolic OH excluding ortho intramolecular Hbond substituents is 1. The van der Waals surface area contributed by atoms with Crippen LogP contribution in [0.15, 0.2) is 24.3 Å². The van der Waals surface area contributed by atoms with E-state index >= 15 is 0 Å². The molecule has 3 rings (SSSR count). The van der Waals surface area contributed by atoms with Gasteiger partial charge in [-0.1, -0.05) is 18.2 Å². The molecule has 11 heteroatoms. The number of hydrogen-bond donors (Lipinski definition) is 5. The molecular formula is C15H12N4O7. The van der Waals surface area contributed by atoms with Gasteiger partial charge in [0.05, 0.1) is 0 Å². The standard InChI is InChI=1S/C15H12N4O7/c20-6-4-2-1-3-5(6)7(8-10(21)16-14(25)17-11(8)22)9-12(23)18-15(26)19-13(9)24/h1-4,7-9,20H,(H2,16,17,21,22,25)(H2,18,19,23,24,26). The van der Waals surface area contributed by atoms with Crippen molar-refractivity contribution in [2.75, 3.05) is 0 Å². The molecule has 0 atom stereocenters. The van der Waals surface area contributed by atoms with E-state index in [4.69, 9.17) is 0 Å². The second-order valence-electron chi connectivity index (χ2n) is 5.66. The van der Waals surface area contributed by atoms with Crippen LogP contribution in [0.4, 0.5) is 9.59 Å². The molecule has 0 radical (unpaired) electrons. The average Bonchev–Trinajstić information content (AvgIpc) is 2.52. The summed E-state index contributed by atoms with van der Waals surface area (Å²) in [4.78, 5) is 71.6. The Labute approximate surface area is 145 Å². The quantitative estimate of drug-likeness (QED) is 0.406. The molecule has 0 aliphatic carbocycles. The van der Waals surface area contributed by atoms with E-state index in [1.165, 1.54) is 24.3 Å². The minimum Gasteiger partial charge on any atom is -0.508 e. The summed E-state index contributed by atoms with van der Waals surface area (Å²) in [7, 11) is 0. The van der Waals surface area contributed by atoms with E-state index in [-0.39, 0.29) is 11.3 Å². The summed E-state index contributed by atoms with van der Waals surface area (Å²) < 4.78 is 0. The van der Waals surface area contributed by atoms with E-state index in [1.54, 1.807) is 0 Å². The van der Waals surface area contributed by atoms with Gasteiger partial charge in [0.2, 0.25) is 23.6 Å². The number of aromatic hydroxyl groups is 1. The Morgan fingerprint density at radius 3 is 1.46 bits per heavy atom.